The fraction of sp³-hybridized carbons (Fsp3) is 0.923. The zero-order valence-electron chi connectivity index (χ0n) is 11.7. The van der Waals surface area contributed by atoms with Gasteiger partial charge in [-0.05, 0) is 39.5 Å². The van der Waals surface area contributed by atoms with E-state index in [2.05, 4.69) is 24.1 Å². The molecule has 1 aliphatic heterocycles. The Labute approximate surface area is 105 Å². The minimum Gasteiger partial charge on any atom is -0.341 e. The van der Waals surface area contributed by atoms with Crippen molar-refractivity contribution in [3.8, 4) is 0 Å². The Morgan fingerprint density at radius 3 is 2.35 bits per heavy atom. The summed E-state index contributed by atoms with van der Waals surface area (Å²) < 4.78 is 0. The van der Waals surface area contributed by atoms with Gasteiger partial charge < -0.3 is 15.1 Å². The van der Waals surface area contributed by atoms with Crippen molar-refractivity contribution in [3.63, 3.8) is 0 Å². The molecule has 1 saturated heterocycles. The van der Waals surface area contributed by atoms with Gasteiger partial charge in [-0.3, -0.25) is 4.79 Å². The van der Waals surface area contributed by atoms with Crippen molar-refractivity contribution in [1.82, 2.24) is 15.1 Å². The molecule has 1 fully saturated rings. The molecular formula is C13H27N3O. The molecule has 0 bridgehead atoms. The summed E-state index contributed by atoms with van der Waals surface area (Å²) in [6.45, 7) is 8.89. The molecular weight excluding hydrogens is 214 g/mol. The molecule has 100 valence electrons. The monoisotopic (exact) mass is 241 g/mol. The van der Waals surface area contributed by atoms with Gasteiger partial charge in [-0.2, -0.15) is 0 Å². The molecule has 0 aliphatic carbocycles. The van der Waals surface area contributed by atoms with Crippen LogP contribution in [0.5, 0.6) is 0 Å². The van der Waals surface area contributed by atoms with Crippen LogP contribution in [-0.2, 0) is 4.79 Å². The van der Waals surface area contributed by atoms with E-state index in [-0.39, 0.29) is 5.92 Å². The van der Waals surface area contributed by atoms with Crippen LogP contribution < -0.4 is 5.32 Å². The Bertz CT molecular complexity index is 239. The second kappa shape index (κ2) is 6.97. The number of carbonyl (C=O) groups excluding carboxylic acids is 1. The van der Waals surface area contributed by atoms with Crippen molar-refractivity contribution in [2.24, 2.45) is 11.8 Å². The molecule has 0 saturated carbocycles. The molecule has 4 heteroatoms. The van der Waals surface area contributed by atoms with E-state index < -0.39 is 0 Å². The second-order valence-corrected chi connectivity index (χ2v) is 5.34. The molecule has 0 aromatic rings. The van der Waals surface area contributed by atoms with Gasteiger partial charge in [0.15, 0.2) is 0 Å². The van der Waals surface area contributed by atoms with Gasteiger partial charge in [-0.1, -0.05) is 13.8 Å². The van der Waals surface area contributed by atoms with Crippen LogP contribution in [0.15, 0.2) is 0 Å². The quantitative estimate of drug-likeness (QED) is 0.710. The Morgan fingerprint density at radius 2 is 1.94 bits per heavy atom. The zero-order chi connectivity index (χ0) is 12.8. The van der Waals surface area contributed by atoms with Crippen LogP contribution in [0.1, 0.15) is 20.3 Å². The van der Waals surface area contributed by atoms with Gasteiger partial charge in [-0.15, -0.1) is 0 Å². The summed E-state index contributed by atoms with van der Waals surface area (Å²) in [5, 5.41) is 3.24. The van der Waals surface area contributed by atoms with Crippen LogP contribution in [0.3, 0.4) is 0 Å². The molecule has 1 unspecified atom stereocenters. The van der Waals surface area contributed by atoms with Crippen molar-refractivity contribution >= 4 is 5.91 Å². The van der Waals surface area contributed by atoms with Crippen LogP contribution >= 0.6 is 0 Å². The molecule has 1 aliphatic rings. The fourth-order valence-corrected chi connectivity index (χ4v) is 2.08. The van der Waals surface area contributed by atoms with E-state index in [4.69, 9.17) is 0 Å². The maximum absolute atomic E-state index is 12.4. The minimum absolute atomic E-state index is 0.171. The number of hydrogen-bond donors (Lipinski definition) is 1. The molecule has 1 atom stereocenters. The summed E-state index contributed by atoms with van der Waals surface area (Å²) in [5.74, 6) is 1.05. The SMILES string of the molecule is CCCN(CCN(C)C)C(=O)C(C)C1CNC1. The van der Waals surface area contributed by atoms with Crippen molar-refractivity contribution < 1.29 is 4.79 Å². The number of nitrogens with zero attached hydrogens (tertiary/aromatic N) is 2. The van der Waals surface area contributed by atoms with Gasteiger partial charge in [0.05, 0.1) is 0 Å². The van der Waals surface area contributed by atoms with E-state index >= 15 is 0 Å². The van der Waals surface area contributed by atoms with Crippen molar-refractivity contribution in [1.29, 1.82) is 0 Å². The van der Waals surface area contributed by atoms with Crippen LogP contribution in [0.4, 0.5) is 0 Å². The van der Waals surface area contributed by atoms with Crippen LogP contribution in [0.25, 0.3) is 0 Å². The predicted molar refractivity (Wildman–Crippen MR) is 70.9 cm³/mol. The lowest BCUT2D eigenvalue weighted by atomic mass is 9.88. The lowest BCUT2D eigenvalue weighted by Gasteiger charge is -2.35. The molecule has 0 radical (unpaired) electrons. The van der Waals surface area contributed by atoms with Crippen molar-refractivity contribution in [2.75, 3.05) is 46.8 Å². The maximum Gasteiger partial charge on any atom is 0.225 e. The van der Waals surface area contributed by atoms with Crippen LogP contribution in [0.2, 0.25) is 0 Å². The van der Waals surface area contributed by atoms with E-state index in [1.54, 1.807) is 0 Å². The maximum atomic E-state index is 12.4. The van der Waals surface area contributed by atoms with Crippen molar-refractivity contribution in [2.45, 2.75) is 20.3 Å². The summed E-state index contributed by atoms with van der Waals surface area (Å²) in [4.78, 5) is 16.5. The Morgan fingerprint density at radius 1 is 1.29 bits per heavy atom. The zero-order valence-corrected chi connectivity index (χ0v) is 11.7. The minimum atomic E-state index is 0.171. The molecule has 1 heterocycles. The second-order valence-electron chi connectivity index (χ2n) is 5.34. The van der Waals surface area contributed by atoms with Gasteiger partial charge in [0, 0.05) is 25.6 Å². The number of likely N-dealkylation sites (N-methyl/N-ethyl adjacent to an activating group) is 1. The summed E-state index contributed by atoms with van der Waals surface area (Å²) in [6.07, 6.45) is 1.04. The van der Waals surface area contributed by atoms with Gasteiger partial charge in [-0.25, -0.2) is 0 Å². The van der Waals surface area contributed by atoms with Crippen molar-refractivity contribution in [3.05, 3.63) is 0 Å². The third-order valence-corrected chi connectivity index (χ3v) is 3.53. The van der Waals surface area contributed by atoms with E-state index in [9.17, 15) is 4.79 Å². The topological polar surface area (TPSA) is 35.6 Å². The highest BCUT2D eigenvalue weighted by molar-refractivity contribution is 5.79. The molecule has 0 aromatic heterocycles. The fourth-order valence-electron chi connectivity index (χ4n) is 2.08. The lowest BCUT2D eigenvalue weighted by Crippen LogP contribution is -2.51. The number of hydrogen-bond acceptors (Lipinski definition) is 3. The highest BCUT2D eigenvalue weighted by Gasteiger charge is 2.31. The first-order chi connectivity index (χ1) is 8.06. The number of amides is 1. The van der Waals surface area contributed by atoms with Gasteiger partial charge in [0.1, 0.15) is 0 Å². The highest BCUT2D eigenvalue weighted by atomic mass is 16.2. The largest absolute Gasteiger partial charge is 0.341 e. The molecule has 1 amide bonds. The Kier molecular flexibility index (Phi) is 5.92. The number of carbonyl (C=O) groups is 1. The molecule has 0 aromatic carbocycles. The third kappa shape index (κ3) is 4.28. The summed E-state index contributed by atoms with van der Waals surface area (Å²) >= 11 is 0. The highest BCUT2D eigenvalue weighted by Crippen LogP contribution is 2.18. The Balaban J connectivity index is 2.46. The Hall–Kier alpha value is -0.610. The predicted octanol–water partition coefficient (Wildman–Crippen LogP) is 0.642. The lowest BCUT2D eigenvalue weighted by molar-refractivity contribution is -0.137. The number of nitrogens with one attached hydrogen (secondary N) is 1. The molecule has 4 nitrogen and oxygen atoms in total. The van der Waals surface area contributed by atoms with E-state index in [0.717, 1.165) is 39.1 Å². The molecule has 0 spiro atoms. The average Bonchev–Trinajstić information content (AvgIpc) is 2.20. The summed E-state index contributed by atoms with van der Waals surface area (Å²) in [6, 6.07) is 0. The summed E-state index contributed by atoms with van der Waals surface area (Å²) in [5.41, 5.74) is 0. The standard InChI is InChI=1S/C13H27N3O/c1-5-6-16(8-7-15(3)4)13(17)11(2)12-9-14-10-12/h11-12,14H,5-10H2,1-4H3. The van der Waals surface area contributed by atoms with Gasteiger partial charge >= 0.3 is 0 Å². The van der Waals surface area contributed by atoms with Crippen LogP contribution in [0, 0.1) is 11.8 Å². The molecule has 1 N–H and O–H groups in total. The van der Waals surface area contributed by atoms with Gasteiger partial charge in [0.25, 0.3) is 0 Å². The summed E-state index contributed by atoms with van der Waals surface area (Å²) in [7, 11) is 4.10. The van der Waals surface area contributed by atoms with E-state index in [1.165, 1.54) is 0 Å². The third-order valence-electron chi connectivity index (χ3n) is 3.53. The van der Waals surface area contributed by atoms with E-state index in [0.29, 0.717) is 11.8 Å². The normalized spacial score (nSPS) is 17.9. The first kappa shape index (κ1) is 14.5. The van der Waals surface area contributed by atoms with E-state index in [1.807, 2.05) is 19.0 Å². The van der Waals surface area contributed by atoms with Crippen LogP contribution in [-0.4, -0.2) is 62.5 Å². The molecule has 1 rings (SSSR count). The smallest absolute Gasteiger partial charge is 0.225 e. The van der Waals surface area contributed by atoms with Gasteiger partial charge in [0.2, 0.25) is 5.91 Å². The average molecular weight is 241 g/mol. The number of rotatable bonds is 7. The first-order valence-electron chi connectivity index (χ1n) is 6.70. The molecule has 17 heavy (non-hydrogen) atoms. The first-order valence-corrected chi connectivity index (χ1v) is 6.70.